The topological polar surface area (TPSA) is 93.3 Å². The molecule has 3 aromatic heterocycles. The number of carbonyl (C=O) groups is 1. The zero-order chi connectivity index (χ0) is 24.9. The van der Waals surface area contributed by atoms with Crippen molar-refractivity contribution in [1.82, 2.24) is 23.6 Å². The van der Waals surface area contributed by atoms with Gasteiger partial charge in [-0.1, -0.05) is 24.6 Å². The van der Waals surface area contributed by atoms with Gasteiger partial charge in [-0.25, -0.2) is 17.4 Å². The lowest BCUT2D eigenvalue weighted by molar-refractivity contribution is -0.138. The second-order valence-corrected chi connectivity index (χ2v) is 11.3. The molecule has 0 radical (unpaired) electrons. The summed E-state index contributed by atoms with van der Waals surface area (Å²) in [6.07, 6.45) is 8.28. The lowest BCUT2D eigenvalue weighted by Crippen LogP contribution is -2.51. The van der Waals surface area contributed by atoms with E-state index in [-0.39, 0.29) is 16.7 Å². The van der Waals surface area contributed by atoms with Gasteiger partial charge in [0, 0.05) is 68.2 Å². The third-order valence-electron chi connectivity index (χ3n) is 7.31. The highest BCUT2D eigenvalue weighted by Gasteiger charge is 2.32. The van der Waals surface area contributed by atoms with Crippen molar-refractivity contribution < 1.29 is 13.2 Å². The van der Waals surface area contributed by atoms with E-state index >= 15 is 0 Å². The Kier molecular flexibility index (Phi) is 5.55. The first-order chi connectivity index (χ1) is 17.4. The summed E-state index contributed by atoms with van der Waals surface area (Å²) in [5.74, 6) is 0.475. The largest absolute Gasteiger partial charge is 0.367 e. The average molecular weight is 505 g/mol. The quantitative estimate of drug-likeness (QED) is 0.415. The second kappa shape index (κ2) is 8.77. The highest BCUT2D eigenvalue weighted by molar-refractivity contribution is 7.90. The van der Waals surface area contributed by atoms with Crippen LogP contribution in [0, 0.1) is 5.92 Å². The molecule has 0 N–H and O–H groups in total. The van der Waals surface area contributed by atoms with E-state index < -0.39 is 10.0 Å². The summed E-state index contributed by atoms with van der Waals surface area (Å²) in [7, 11) is -2.12. The number of rotatable bonds is 5. The number of carbonyl (C=O) groups excluding carboxylic acids is 1. The van der Waals surface area contributed by atoms with E-state index in [4.69, 9.17) is 0 Å². The monoisotopic (exact) mass is 504 g/mol. The van der Waals surface area contributed by atoms with Gasteiger partial charge in [-0.3, -0.25) is 9.48 Å². The summed E-state index contributed by atoms with van der Waals surface area (Å²) in [6.45, 7) is 2.71. The van der Waals surface area contributed by atoms with Crippen molar-refractivity contribution in [2.75, 3.05) is 31.1 Å². The Hall–Kier alpha value is -3.66. The van der Waals surface area contributed by atoms with Crippen LogP contribution in [0.1, 0.15) is 19.3 Å². The molecule has 0 spiro atoms. The molecule has 186 valence electrons. The molecular formula is C26H28N6O3S. The van der Waals surface area contributed by atoms with E-state index in [9.17, 15) is 13.2 Å². The summed E-state index contributed by atoms with van der Waals surface area (Å²) in [5.41, 5.74) is 2.50. The van der Waals surface area contributed by atoms with E-state index in [1.807, 2.05) is 17.0 Å². The van der Waals surface area contributed by atoms with E-state index in [0.717, 1.165) is 30.3 Å². The Morgan fingerprint density at radius 2 is 1.78 bits per heavy atom. The standard InChI is InChI=1S/C26H28N6O3S/c1-29-18-20(17-28-29)24-16-22-23(30-12-14-31(15-13-30)26(33)19-6-5-7-19)10-11-27-25(22)32(24)36(34,35)21-8-3-2-4-9-21/h2-4,8-11,16-19H,5-7,12-15H2,1H3. The molecule has 2 aliphatic rings. The molecule has 10 heteroatoms. The summed E-state index contributed by atoms with van der Waals surface area (Å²) in [4.78, 5) is 21.6. The fourth-order valence-corrected chi connectivity index (χ4v) is 6.62. The van der Waals surface area contributed by atoms with E-state index in [1.165, 1.54) is 3.97 Å². The summed E-state index contributed by atoms with van der Waals surface area (Å²) < 4.78 is 30.7. The summed E-state index contributed by atoms with van der Waals surface area (Å²) >= 11 is 0. The molecule has 1 aliphatic carbocycles. The minimum Gasteiger partial charge on any atom is -0.367 e. The number of benzene rings is 1. The lowest BCUT2D eigenvalue weighted by atomic mass is 9.84. The Morgan fingerprint density at radius 3 is 2.42 bits per heavy atom. The third-order valence-corrected chi connectivity index (χ3v) is 9.03. The van der Waals surface area contributed by atoms with Gasteiger partial charge in [0.2, 0.25) is 5.91 Å². The Balaban J connectivity index is 1.42. The van der Waals surface area contributed by atoms with Crippen molar-refractivity contribution in [3.8, 4) is 11.3 Å². The fraction of sp³-hybridized carbons (Fsp3) is 0.346. The number of piperazine rings is 1. The van der Waals surface area contributed by atoms with Crippen LogP contribution in [0.2, 0.25) is 0 Å². The number of aryl methyl sites for hydroxylation is 1. The van der Waals surface area contributed by atoms with Gasteiger partial charge in [-0.15, -0.1) is 0 Å². The fourth-order valence-electron chi connectivity index (χ4n) is 5.11. The Bertz CT molecular complexity index is 1530. The van der Waals surface area contributed by atoms with E-state index in [0.29, 0.717) is 43.1 Å². The Labute approximate surface area is 210 Å². The molecule has 4 heterocycles. The highest BCUT2D eigenvalue weighted by Crippen LogP contribution is 2.36. The molecule has 9 nitrogen and oxygen atoms in total. The predicted molar refractivity (Wildman–Crippen MR) is 137 cm³/mol. The van der Waals surface area contributed by atoms with Crippen LogP contribution in [-0.4, -0.2) is 64.1 Å². The molecule has 6 rings (SSSR count). The smallest absolute Gasteiger partial charge is 0.269 e. The predicted octanol–water partition coefficient (Wildman–Crippen LogP) is 3.12. The van der Waals surface area contributed by atoms with Crippen molar-refractivity contribution in [1.29, 1.82) is 0 Å². The second-order valence-electron chi connectivity index (χ2n) is 9.52. The number of anilines is 1. The maximum atomic E-state index is 13.9. The molecule has 0 bridgehead atoms. The Morgan fingerprint density at radius 1 is 1.03 bits per heavy atom. The third kappa shape index (κ3) is 3.76. The van der Waals surface area contributed by atoms with Gasteiger partial charge in [0.1, 0.15) is 0 Å². The van der Waals surface area contributed by atoms with Gasteiger partial charge >= 0.3 is 0 Å². The van der Waals surface area contributed by atoms with Gasteiger partial charge in [-0.05, 0) is 37.1 Å². The number of hydrogen-bond donors (Lipinski definition) is 0. The number of nitrogens with zero attached hydrogens (tertiary/aromatic N) is 6. The molecule has 36 heavy (non-hydrogen) atoms. The molecule has 1 aromatic carbocycles. The van der Waals surface area contributed by atoms with Gasteiger partial charge in [-0.2, -0.15) is 5.10 Å². The van der Waals surface area contributed by atoms with Crippen LogP contribution >= 0.6 is 0 Å². The molecule has 1 amide bonds. The van der Waals surface area contributed by atoms with Crippen LogP contribution in [-0.2, 0) is 21.9 Å². The minimum atomic E-state index is -3.92. The van der Waals surface area contributed by atoms with Gasteiger partial charge in [0.15, 0.2) is 5.65 Å². The van der Waals surface area contributed by atoms with Crippen LogP contribution in [0.15, 0.2) is 66.0 Å². The first kappa shape index (κ1) is 22.8. The lowest BCUT2D eigenvalue weighted by Gasteiger charge is -2.39. The first-order valence-corrected chi connectivity index (χ1v) is 13.7. The van der Waals surface area contributed by atoms with Crippen molar-refractivity contribution in [2.45, 2.75) is 24.2 Å². The van der Waals surface area contributed by atoms with Crippen molar-refractivity contribution in [2.24, 2.45) is 13.0 Å². The maximum Gasteiger partial charge on any atom is 0.269 e. The molecule has 1 saturated carbocycles. The van der Waals surface area contributed by atoms with Crippen LogP contribution in [0.5, 0.6) is 0 Å². The normalized spacial score (nSPS) is 16.9. The number of aromatic nitrogens is 4. The average Bonchev–Trinajstić information content (AvgIpc) is 3.47. The van der Waals surface area contributed by atoms with Gasteiger partial charge < -0.3 is 9.80 Å². The van der Waals surface area contributed by atoms with Crippen LogP contribution in [0.4, 0.5) is 5.69 Å². The minimum absolute atomic E-state index is 0.197. The molecule has 1 saturated heterocycles. The zero-order valence-corrected chi connectivity index (χ0v) is 20.9. The maximum absolute atomic E-state index is 13.9. The van der Waals surface area contributed by atoms with Gasteiger partial charge in [0.05, 0.1) is 16.8 Å². The molecule has 4 aromatic rings. The SMILES string of the molecule is Cn1cc(-c2cc3c(N4CCN(C(=O)C5CCC5)CC4)ccnc3n2S(=O)(=O)c2ccccc2)cn1. The zero-order valence-electron chi connectivity index (χ0n) is 20.1. The van der Waals surface area contributed by atoms with Crippen LogP contribution in [0.25, 0.3) is 22.3 Å². The molecule has 0 unspecified atom stereocenters. The van der Waals surface area contributed by atoms with Gasteiger partial charge in [0.25, 0.3) is 10.0 Å². The first-order valence-electron chi connectivity index (χ1n) is 12.3. The summed E-state index contributed by atoms with van der Waals surface area (Å²) in [6, 6.07) is 12.2. The number of amides is 1. The number of pyridine rings is 1. The molecule has 1 aliphatic heterocycles. The van der Waals surface area contributed by atoms with E-state index in [2.05, 4.69) is 15.0 Å². The van der Waals surface area contributed by atoms with Crippen molar-refractivity contribution in [3.05, 3.63) is 61.1 Å². The van der Waals surface area contributed by atoms with Crippen molar-refractivity contribution in [3.63, 3.8) is 0 Å². The van der Waals surface area contributed by atoms with Crippen LogP contribution < -0.4 is 4.90 Å². The number of hydrogen-bond acceptors (Lipinski definition) is 6. The highest BCUT2D eigenvalue weighted by atomic mass is 32.2. The molecule has 2 fully saturated rings. The molecule has 0 atom stereocenters. The van der Waals surface area contributed by atoms with E-state index in [1.54, 1.807) is 60.7 Å². The van der Waals surface area contributed by atoms with Crippen LogP contribution in [0.3, 0.4) is 0 Å². The molecular weight excluding hydrogens is 476 g/mol. The number of fused-ring (bicyclic) bond motifs is 1. The summed E-state index contributed by atoms with van der Waals surface area (Å²) in [5, 5.41) is 5.02. The van der Waals surface area contributed by atoms with Crippen molar-refractivity contribution >= 4 is 32.7 Å².